The Bertz CT molecular complexity index is 1190. The van der Waals surface area contributed by atoms with E-state index in [-0.39, 0.29) is 17.6 Å². The van der Waals surface area contributed by atoms with Crippen LogP contribution in [-0.2, 0) is 0 Å². The standard InChI is InChI=1S/C20H17N5O2S/c1-22-19(27)17-9-12-8-11(2-5-16(12)28-17)14-10-13(3-4-15(14)26)24-18-6-7-23-20(21)25-18/h2-10,26H,1H3,(H,22,27)(H3,21,23,24,25). The molecule has 4 rings (SSSR count). The van der Waals surface area contributed by atoms with E-state index in [2.05, 4.69) is 20.6 Å². The molecule has 0 aliphatic carbocycles. The third-order valence-electron chi connectivity index (χ3n) is 4.22. The summed E-state index contributed by atoms with van der Waals surface area (Å²) in [6, 6.07) is 14.6. The highest BCUT2D eigenvalue weighted by atomic mass is 32.1. The van der Waals surface area contributed by atoms with E-state index in [9.17, 15) is 9.90 Å². The number of nitrogens with two attached hydrogens (primary N) is 1. The normalized spacial score (nSPS) is 10.8. The molecule has 0 aliphatic heterocycles. The summed E-state index contributed by atoms with van der Waals surface area (Å²) < 4.78 is 1.01. The smallest absolute Gasteiger partial charge is 0.261 e. The number of phenols is 1. The molecule has 0 spiro atoms. The largest absolute Gasteiger partial charge is 0.507 e. The Morgan fingerprint density at radius 2 is 2.00 bits per heavy atom. The van der Waals surface area contributed by atoms with Gasteiger partial charge in [0.2, 0.25) is 5.95 Å². The van der Waals surface area contributed by atoms with E-state index in [0.717, 1.165) is 21.3 Å². The van der Waals surface area contributed by atoms with Crippen molar-refractivity contribution in [2.45, 2.75) is 0 Å². The van der Waals surface area contributed by atoms with Crippen LogP contribution in [0.2, 0.25) is 0 Å². The van der Waals surface area contributed by atoms with Gasteiger partial charge in [-0.05, 0) is 53.4 Å². The Labute approximate surface area is 164 Å². The van der Waals surface area contributed by atoms with Crippen molar-refractivity contribution in [1.29, 1.82) is 0 Å². The second-order valence-electron chi connectivity index (χ2n) is 6.10. The first kappa shape index (κ1) is 17.7. The second kappa shape index (κ2) is 7.16. The predicted octanol–water partition coefficient (Wildman–Crippen LogP) is 3.75. The van der Waals surface area contributed by atoms with Gasteiger partial charge in [-0.3, -0.25) is 4.79 Å². The van der Waals surface area contributed by atoms with Gasteiger partial charge in [0.25, 0.3) is 5.91 Å². The molecule has 7 nitrogen and oxygen atoms in total. The summed E-state index contributed by atoms with van der Waals surface area (Å²) in [7, 11) is 1.61. The van der Waals surface area contributed by atoms with E-state index < -0.39 is 0 Å². The van der Waals surface area contributed by atoms with Crippen LogP contribution in [0, 0.1) is 0 Å². The predicted molar refractivity (Wildman–Crippen MR) is 112 cm³/mol. The lowest BCUT2D eigenvalue weighted by Gasteiger charge is -2.10. The van der Waals surface area contributed by atoms with Crippen LogP contribution in [0.4, 0.5) is 17.5 Å². The number of carbonyl (C=O) groups is 1. The van der Waals surface area contributed by atoms with Crippen LogP contribution >= 0.6 is 11.3 Å². The number of nitrogen functional groups attached to an aromatic ring is 1. The highest BCUT2D eigenvalue weighted by molar-refractivity contribution is 7.20. The third kappa shape index (κ3) is 3.45. The molecule has 2 aromatic carbocycles. The minimum atomic E-state index is -0.110. The Hall–Kier alpha value is -3.65. The number of carbonyl (C=O) groups excluding carboxylic acids is 1. The maximum Gasteiger partial charge on any atom is 0.261 e. The molecular formula is C20H17N5O2S. The fraction of sp³-hybridized carbons (Fsp3) is 0.0500. The van der Waals surface area contributed by atoms with Crippen LogP contribution in [0.15, 0.2) is 54.7 Å². The molecule has 0 bridgehead atoms. The maximum absolute atomic E-state index is 11.9. The molecule has 140 valence electrons. The highest BCUT2D eigenvalue weighted by Crippen LogP contribution is 2.36. The monoisotopic (exact) mass is 391 g/mol. The van der Waals surface area contributed by atoms with E-state index in [1.54, 1.807) is 31.4 Å². The second-order valence-corrected chi connectivity index (χ2v) is 7.18. The summed E-state index contributed by atoms with van der Waals surface area (Å²) in [5.41, 5.74) is 7.88. The quantitative estimate of drug-likeness (QED) is 0.394. The van der Waals surface area contributed by atoms with E-state index in [1.165, 1.54) is 11.3 Å². The summed E-state index contributed by atoms with van der Waals surface area (Å²) in [5.74, 6) is 0.793. The number of aromatic nitrogens is 2. The molecule has 5 N–H and O–H groups in total. The maximum atomic E-state index is 11.9. The van der Waals surface area contributed by atoms with Gasteiger partial charge in [0.05, 0.1) is 4.88 Å². The van der Waals surface area contributed by atoms with E-state index in [4.69, 9.17) is 5.73 Å². The van der Waals surface area contributed by atoms with Crippen LogP contribution in [0.1, 0.15) is 9.67 Å². The Balaban J connectivity index is 1.70. The number of thiophene rings is 1. The van der Waals surface area contributed by atoms with E-state index >= 15 is 0 Å². The molecule has 0 saturated carbocycles. The van der Waals surface area contributed by atoms with Crippen molar-refractivity contribution in [1.82, 2.24) is 15.3 Å². The molecule has 0 aliphatic rings. The number of nitrogens with zero attached hydrogens (tertiary/aromatic N) is 2. The fourth-order valence-corrected chi connectivity index (χ4v) is 3.87. The first-order chi connectivity index (χ1) is 13.5. The number of hydrogen-bond acceptors (Lipinski definition) is 7. The number of rotatable bonds is 4. The first-order valence-electron chi connectivity index (χ1n) is 8.48. The summed E-state index contributed by atoms with van der Waals surface area (Å²) in [6.45, 7) is 0. The summed E-state index contributed by atoms with van der Waals surface area (Å²) in [6.07, 6.45) is 1.57. The average molecular weight is 391 g/mol. The number of fused-ring (bicyclic) bond motifs is 1. The van der Waals surface area contributed by atoms with Gasteiger partial charge in [-0.2, -0.15) is 4.98 Å². The molecule has 0 saturated heterocycles. The van der Waals surface area contributed by atoms with Crippen LogP contribution < -0.4 is 16.4 Å². The SMILES string of the molecule is CNC(=O)c1cc2cc(-c3cc(Nc4ccnc(N)n4)ccc3O)ccc2s1. The van der Waals surface area contributed by atoms with Gasteiger partial charge < -0.3 is 21.5 Å². The molecule has 0 fully saturated rings. The molecule has 0 unspecified atom stereocenters. The lowest BCUT2D eigenvalue weighted by molar-refractivity contribution is 0.0967. The number of amides is 1. The van der Waals surface area contributed by atoms with Crippen LogP contribution in [0.3, 0.4) is 0 Å². The van der Waals surface area contributed by atoms with Crippen LogP contribution in [-0.4, -0.2) is 28.0 Å². The molecule has 0 radical (unpaired) electrons. The van der Waals surface area contributed by atoms with Gasteiger partial charge in [-0.25, -0.2) is 4.98 Å². The average Bonchev–Trinajstić information content (AvgIpc) is 3.12. The van der Waals surface area contributed by atoms with E-state index in [1.807, 2.05) is 30.3 Å². The molecule has 2 aromatic heterocycles. The van der Waals surface area contributed by atoms with Crippen molar-refractivity contribution < 1.29 is 9.90 Å². The zero-order valence-corrected chi connectivity index (χ0v) is 15.7. The third-order valence-corrected chi connectivity index (χ3v) is 5.34. The summed E-state index contributed by atoms with van der Waals surface area (Å²) in [5, 5.41) is 17.1. The van der Waals surface area contributed by atoms with Gasteiger partial charge in [0.1, 0.15) is 11.6 Å². The van der Waals surface area contributed by atoms with Crippen LogP contribution in [0.25, 0.3) is 21.2 Å². The van der Waals surface area contributed by atoms with Crippen molar-refractivity contribution in [2.75, 3.05) is 18.1 Å². The fourth-order valence-electron chi connectivity index (χ4n) is 2.88. The molecular weight excluding hydrogens is 374 g/mol. The number of benzene rings is 2. The number of aromatic hydroxyl groups is 1. The highest BCUT2D eigenvalue weighted by Gasteiger charge is 2.11. The molecule has 1 amide bonds. The van der Waals surface area contributed by atoms with Crippen molar-refractivity contribution in [3.63, 3.8) is 0 Å². The Kier molecular flexibility index (Phi) is 4.54. The topological polar surface area (TPSA) is 113 Å². The van der Waals surface area contributed by atoms with Crippen LogP contribution in [0.5, 0.6) is 5.75 Å². The van der Waals surface area contributed by atoms with Crippen molar-refractivity contribution in [2.24, 2.45) is 0 Å². The Morgan fingerprint density at radius 1 is 1.14 bits per heavy atom. The van der Waals surface area contributed by atoms with Crippen molar-refractivity contribution in [3.05, 3.63) is 59.6 Å². The van der Waals surface area contributed by atoms with Gasteiger partial charge >= 0.3 is 0 Å². The zero-order valence-electron chi connectivity index (χ0n) is 14.9. The van der Waals surface area contributed by atoms with Crippen molar-refractivity contribution in [3.8, 4) is 16.9 Å². The van der Waals surface area contributed by atoms with Gasteiger partial charge in [-0.1, -0.05) is 6.07 Å². The zero-order chi connectivity index (χ0) is 19.7. The molecule has 28 heavy (non-hydrogen) atoms. The minimum absolute atomic E-state index is 0.110. The lowest BCUT2D eigenvalue weighted by atomic mass is 10.0. The number of hydrogen-bond donors (Lipinski definition) is 4. The Morgan fingerprint density at radius 3 is 2.79 bits per heavy atom. The first-order valence-corrected chi connectivity index (χ1v) is 9.30. The number of anilines is 3. The number of nitrogens with one attached hydrogen (secondary N) is 2. The number of phenolic OH excluding ortho intramolecular Hbond substituents is 1. The summed E-state index contributed by atoms with van der Waals surface area (Å²) >= 11 is 1.43. The van der Waals surface area contributed by atoms with Crippen molar-refractivity contribution >= 4 is 44.8 Å². The van der Waals surface area contributed by atoms with Gasteiger partial charge in [-0.15, -0.1) is 11.3 Å². The van der Waals surface area contributed by atoms with Gasteiger partial charge in [0.15, 0.2) is 0 Å². The lowest BCUT2D eigenvalue weighted by Crippen LogP contribution is -2.15. The molecule has 2 heterocycles. The summed E-state index contributed by atoms with van der Waals surface area (Å²) in [4.78, 5) is 20.5. The van der Waals surface area contributed by atoms with Gasteiger partial charge in [0, 0.05) is 29.2 Å². The van der Waals surface area contributed by atoms with E-state index in [0.29, 0.717) is 16.3 Å². The molecule has 0 atom stereocenters. The molecule has 8 heteroatoms. The minimum Gasteiger partial charge on any atom is -0.507 e. The molecule has 4 aromatic rings.